The van der Waals surface area contributed by atoms with Crippen LogP contribution >= 0.6 is 0 Å². The number of nitriles is 1. The van der Waals surface area contributed by atoms with Crippen LogP contribution in [-0.4, -0.2) is 11.7 Å². The number of nitrogens with zero attached hydrogens (tertiary/aromatic N) is 1. The van der Waals surface area contributed by atoms with Gasteiger partial charge in [0, 0.05) is 12.1 Å². The van der Waals surface area contributed by atoms with Gasteiger partial charge in [0.2, 0.25) is 0 Å². The van der Waals surface area contributed by atoms with Crippen molar-refractivity contribution < 1.29 is 13.9 Å². The van der Waals surface area contributed by atoms with Gasteiger partial charge in [0.1, 0.15) is 11.4 Å². The Hall–Kier alpha value is -2.09. The lowest BCUT2D eigenvalue weighted by molar-refractivity contribution is 0.0523. The number of amides is 1. The number of ether oxygens (including phenoxy) is 1. The Kier molecular flexibility index (Phi) is 4.27. The Bertz CT molecular complexity index is 487. The lowest BCUT2D eigenvalue weighted by Crippen LogP contribution is -2.32. The maximum atomic E-state index is 13.4. The van der Waals surface area contributed by atoms with Gasteiger partial charge in [-0.3, -0.25) is 0 Å². The molecule has 0 spiro atoms. The van der Waals surface area contributed by atoms with Gasteiger partial charge in [-0.25, -0.2) is 9.18 Å². The average Bonchev–Trinajstić information content (AvgIpc) is 2.25. The molecule has 0 saturated heterocycles. The maximum Gasteiger partial charge on any atom is 0.407 e. The quantitative estimate of drug-likeness (QED) is 0.877. The van der Waals surface area contributed by atoms with Crippen molar-refractivity contribution in [2.24, 2.45) is 0 Å². The molecule has 1 N–H and O–H groups in total. The molecule has 1 amide bonds. The summed E-state index contributed by atoms with van der Waals surface area (Å²) in [5.74, 6) is -0.468. The van der Waals surface area contributed by atoms with E-state index >= 15 is 0 Å². The molecular weight excluding hydrogens is 235 g/mol. The third-order valence-electron chi connectivity index (χ3n) is 2.00. The van der Waals surface area contributed by atoms with E-state index < -0.39 is 17.5 Å². The van der Waals surface area contributed by atoms with Gasteiger partial charge in [-0.15, -0.1) is 0 Å². The number of carbonyl (C=O) groups is 1. The molecule has 0 bridgehead atoms. The lowest BCUT2D eigenvalue weighted by atomic mass is 10.1. The van der Waals surface area contributed by atoms with E-state index in [1.54, 1.807) is 20.8 Å². The van der Waals surface area contributed by atoms with Crippen molar-refractivity contribution in [1.29, 1.82) is 5.26 Å². The SMILES string of the molecule is CC(C)(C)OC(=O)NCc1cc(C#N)ccc1F. The molecular formula is C13H15FN2O2. The van der Waals surface area contributed by atoms with Crippen molar-refractivity contribution in [1.82, 2.24) is 5.32 Å². The Morgan fingerprint density at radius 1 is 1.50 bits per heavy atom. The number of nitrogens with one attached hydrogen (secondary N) is 1. The van der Waals surface area contributed by atoms with Crippen LogP contribution in [0.1, 0.15) is 31.9 Å². The summed E-state index contributed by atoms with van der Waals surface area (Å²) in [4.78, 5) is 11.4. The summed E-state index contributed by atoms with van der Waals surface area (Å²) in [6, 6.07) is 5.89. The molecule has 96 valence electrons. The summed E-state index contributed by atoms with van der Waals surface area (Å²) in [5.41, 5.74) is -0.00535. The smallest absolute Gasteiger partial charge is 0.407 e. The monoisotopic (exact) mass is 250 g/mol. The van der Waals surface area contributed by atoms with Crippen molar-refractivity contribution in [3.05, 3.63) is 35.1 Å². The first-order valence-corrected chi connectivity index (χ1v) is 5.47. The molecule has 1 rings (SSSR count). The molecule has 1 aromatic carbocycles. The zero-order valence-corrected chi connectivity index (χ0v) is 10.6. The molecule has 1 aromatic rings. The van der Waals surface area contributed by atoms with Crippen molar-refractivity contribution in [2.45, 2.75) is 32.9 Å². The summed E-state index contributed by atoms with van der Waals surface area (Å²) in [7, 11) is 0. The van der Waals surface area contributed by atoms with Crippen molar-refractivity contribution in [3.8, 4) is 6.07 Å². The summed E-state index contributed by atoms with van der Waals surface area (Å²) >= 11 is 0. The van der Waals surface area contributed by atoms with Crippen LogP contribution in [0, 0.1) is 17.1 Å². The maximum absolute atomic E-state index is 13.4. The first-order valence-electron chi connectivity index (χ1n) is 5.47. The molecule has 0 fully saturated rings. The van der Waals surface area contributed by atoms with Crippen LogP contribution in [0.4, 0.5) is 9.18 Å². The highest BCUT2D eigenvalue weighted by Crippen LogP contribution is 2.11. The summed E-state index contributed by atoms with van der Waals surface area (Å²) in [6.45, 7) is 5.20. The summed E-state index contributed by atoms with van der Waals surface area (Å²) in [5, 5.41) is 11.1. The zero-order chi connectivity index (χ0) is 13.8. The minimum Gasteiger partial charge on any atom is -0.444 e. The van der Waals surface area contributed by atoms with E-state index in [-0.39, 0.29) is 12.1 Å². The second-order valence-corrected chi connectivity index (χ2v) is 4.77. The first kappa shape index (κ1) is 14.0. The molecule has 5 heteroatoms. The molecule has 0 aliphatic heterocycles. The van der Waals surface area contributed by atoms with Crippen LogP contribution in [0.3, 0.4) is 0 Å². The molecule has 0 aliphatic carbocycles. The van der Waals surface area contributed by atoms with E-state index in [4.69, 9.17) is 10.00 Å². The number of hydrogen-bond donors (Lipinski definition) is 1. The van der Waals surface area contributed by atoms with Gasteiger partial charge >= 0.3 is 6.09 Å². The number of rotatable bonds is 2. The van der Waals surface area contributed by atoms with Gasteiger partial charge in [0.25, 0.3) is 0 Å². The summed E-state index contributed by atoms with van der Waals surface area (Å²) < 4.78 is 18.4. The molecule has 0 heterocycles. The fourth-order valence-electron chi connectivity index (χ4n) is 1.26. The van der Waals surface area contributed by atoms with E-state index in [0.29, 0.717) is 5.56 Å². The third-order valence-corrected chi connectivity index (χ3v) is 2.00. The Labute approximate surface area is 105 Å². The summed E-state index contributed by atoms with van der Waals surface area (Å²) in [6.07, 6.45) is -0.621. The minimum atomic E-state index is -0.621. The standard InChI is InChI=1S/C13H15FN2O2/c1-13(2,3)18-12(17)16-8-10-6-9(7-15)4-5-11(10)14/h4-6H,8H2,1-3H3,(H,16,17). The number of halogens is 1. The molecule has 0 saturated carbocycles. The fourth-order valence-corrected chi connectivity index (χ4v) is 1.26. The highest BCUT2D eigenvalue weighted by Gasteiger charge is 2.16. The van der Waals surface area contributed by atoms with Crippen LogP contribution in [0.2, 0.25) is 0 Å². The predicted molar refractivity (Wildman–Crippen MR) is 64.2 cm³/mol. The van der Waals surface area contributed by atoms with Gasteiger partial charge in [-0.05, 0) is 39.0 Å². The predicted octanol–water partition coefficient (Wildman–Crippen LogP) is 2.72. The van der Waals surface area contributed by atoms with E-state index in [9.17, 15) is 9.18 Å². The number of hydrogen-bond acceptors (Lipinski definition) is 3. The van der Waals surface area contributed by atoms with E-state index in [2.05, 4.69) is 5.32 Å². The normalized spacial score (nSPS) is 10.6. The van der Waals surface area contributed by atoms with Crippen LogP contribution in [-0.2, 0) is 11.3 Å². The van der Waals surface area contributed by atoms with Crippen molar-refractivity contribution >= 4 is 6.09 Å². The van der Waals surface area contributed by atoms with Gasteiger partial charge in [-0.2, -0.15) is 5.26 Å². The highest BCUT2D eigenvalue weighted by atomic mass is 19.1. The van der Waals surface area contributed by atoms with Crippen molar-refractivity contribution in [3.63, 3.8) is 0 Å². The van der Waals surface area contributed by atoms with E-state index in [0.717, 1.165) is 0 Å². The fraction of sp³-hybridized carbons (Fsp3) is 0.385. The highest BCUT2D eigenvalue weighted by molar-refractivity contribution is 5.67. The lowest BCUT2D eigenvalue weighted by Gasteiger charge is -2.19. The Balaban J connectivity index is 2.64. The number of benzene rings is 1. The van der Waals surface area contributed by atoms with Gasteiger partial charge in [0.05, 0.1) is 11.6 Å². The second kappa shape index (κ2) is 5.50. The van der Waals surface area contributed by atoms with Gasteiger partial charge in [0.15, 0.2) is 0 Å². The van der Waals surface area contributed by atoms with Crippen LogP contribution in [0.15, 0.2) is 18.2 Å². The zero-order valence-electron chi connectivity index (χ0n) is 10.6. The molecule has 4 nitrogen and oxygen atoms in total. The van der Waals surface area contributed by atoms with Gasteiger partial charge < -0.3 is 10.1 Å². The van der Waals surface area contributed by atoms with Gasteiger partial charge in [-0.1, -0.05) is 0 Å². The molecule has 18 heavy (non-hydrogen) atoms. The number of carbonyl (C=O) groups excluding carboxylic acids is 1. The first-order chi connectivity index (χ1) is 8.31. The largest absolute Gasteiger partial charge is 0.444 e. The van der Waals surface area contributed by atoms with E-state index in [1.807, 2.05) is 6.07 Å². The van der Waals surface area contributed by atoms with Crippen LogP contribution in [0.25, 0.3) is 0 Å². The second-order valence-electron chi connectivity index (χ2n) is 4.77. The third kappa shape index (κ3) is 4.42. The topological polar surface area (TPSA) is 62.1 Å². The van der Waals surface area contributed by atoms with Crippen molar-refractivity contribution in [2.75, 3.05) is 0 Å². The Morgan fingerprint density at radius 3 is 2.72 bits per heavy atom. The van der Waals surface area contributed by atoms with Crippen LogP contribution < -0.4 is 5.32 Å². The average molecular weight is 250 g/mol. The molecule has 0 aromatic heterocycles. The molecule has 0 radical (unpaired) electrons. The van der Waals surface area contributed by atoms with Crippen LogP contribution in [0.5, 0.6) is 0 Å². The Morgan fingerprint density at radius 2 is 2.17 bits per heavy atom. The van der Waals surface area contributed by atoms with E-state index in [1.165, 1.54) is 18.2 Å². The minimum absolute atomic E-state index is 0.0176. The molecule has 0 unspecified atom stereocenters. The molecule has 0 atom stereocenters. The number of alkyl carbamates (subject to hydrolysis) is 1. The molecule has 0 aliphatic rings.